The van der Waals surface area contributed by atoms with Crippen LogP contribution in [0.1, 0.15) is 51.8 Å². The fraction of sp³-hybridized carbons (Fsp3) is 0.387. The van der Waals surface area contributed by atoms with E-state index in [-0.39, 0.29) is 53.0 Å². The average molecular weight is 626 g/mol. The maximum absolute atomic E-state index is 15.0. The number of likely N-dealkylation sites (tertiary alicyclic amines) is 1. The summed E-state index contributed by atoms with van der Waals surface area (Å²) in [6, 6.07) is 6.77. The van der Waals surface area contributed by atoms with Crippen LogP contribution in [0.5, 0.6) is 5.75 Å². The predicted molar refractivity (Wildman–Crippen MR) is 163 cm³/mol. The number of amides is 1. The summed E-state index contributed by atoms with van der Waals surface area (Å²) in [5, 5.41) is 21.7. The molecule has 0 spiro atoms. The fourth-order valence-corrected chi connectivity index (χ4v) is 5.58. The van der Waals surface area contributed by atoms with Crippen molar-refractivity contribution >= 4 is 28.9 Å². The second kappa shape index (κ2) is 11.0. The summed E-state index contributed by atoms with van der Waals surface area (Å²) in [5.74, 6) is -1.38. The van der Waals surface area contributed by atoms with E-state index < -0.39 is 40.0 Å². The number of aryl methyl sites for hydroxylation is 1. The molecular formula is C31H33ClFN5O6. The van der Waals surface area contributed by atoms with Gasteiger partial charge in [-0.25, -0.2) is 14.2 Å². The maximum Gasteiger partial charge on any atom is 0.410 e. The number of β-amino-alcohol motifs (C(OH)–C–C–N with tert-alkyl or cyclic N) is 1. The average Bonchev–Trinajstić information content (AvgIpc) is 2.90. The van der Waals surface area contributed by atoms with E-state index in [1.165, 1.54) is 23.1 Å². The Kier molecular flexibility index (Phi) is 7.79. The highest BCUT2D eigenvalue weighted by atomic mass is 35.5. The minimum atomic E-state index is -1.57. The number of nitrogens with zero attached hydrogens (tertiary/aromatic N) is 5. The van der Waals surface area contributed by atoms with Crippen molar-refractivity contribution in [3.05, 3.63) is 79.3 Å². The van der Waals surface area contributed by atoms with Gasteiger partial charge in [-0.15, -0.1) is 0 Å². The summed E-state index contributed by atoms with van der Waals surface area (Å²) in [6.45, 7) is 10.0. The van der Waals surface area contributed by atoms with Crippen molar-refractivity contribution in [3.63, 3.8) is 0 Å². The Morgan fingerprint density at radius 1 is 1.18 bits per heavy atom. The van der Waals surface area contributed by atoms with Crippen molar-refractivity contribution in [2.75, 3.05) is 13.1 Å². The lowest BCUT2D eigenvalue weighted by molar-refractivity contribution is -0.107. The van der Waals surface area contributed by atoms with E-state index in [1.54, 1.807) is 40.0 Å². The molecule has 11 nitrogen and oxygen atoms in total. The number of phenols is 1. The van der Waals surface area contributed by atoms with Crippen LogP contribution < -0.4 is 11.1 Å². The van der Waals surface area contributed by atoms with Gasteiger partial charge >= 0.3 is 17.2 Å². The van der Waals surface area contributed by atoms with Crippen LogP contribution in [0.2, 0.25) is 5.02 Å². The minimum absolute atomic E-state index is 0.0680. The third-order valence-corrected chi connectivity index (χ3v) is 7.59. The molecular weight excluding hydrogens is 593 g/mol. The van der Waals surface area contributed by atoms with Gasteiger partial charge in [-0.1, -0.05) is 31.5 Å². The van der Waals surface area contributed by atoms with E-state index in [0.717, 1.165) is 15.2 Å². The molecule has 44 heavy (non-hydrogen) atoms. The molecule has 13 heteroatoms. The highest BCUT2D eigenvalue weighted by Crippen LogP contribution is 2.37. The number of pyridine rings is 2. The van der Waals surface area contributed by atoms with E-state index in [1.807, 2.05) is 13.8 Å². The van der Waals surface area contributed by atoms with Crippen LogP contribution in [0.15, 0.2) is 46.1 Å². The Bertz CT molecular complexity index is 1900. The molecule has 1 aromatic carbocycles. The number of carbonyl (C=O) groups excluding carboxylic acids is 1. The zero-order chi connectivity index (χ0) is 32.3. The number of ether oxygens (including phenoxy) is 1. The van der Waals surface area contributed by atoms with Gasteiger partial charge in [0.2, 0.25) is 0 Å². The number of carbonyl (C=O) groups is 1. The molecule has 1 aliphatic heterocycles. The molecule has 4 aromatic rings. The van der Waals surface area contributed by atoms with Crippen molar-refractivity contribution in [2.24, 2.45) is 0 Å². The minimum Gasteiger partial charge on any atom is -0.507 e. The number of benzene rings is 1. The first-order valence-electron chi connectivity index (χ1n) is 14.0. The normalized spacial score (nSPS) is 14.6. The Morgan fingerprint density at radius 2 is 1.86 bits per heavy atom. The first kappa shape index (κ1) is 31.1. The number of rotatable bonds is 5. The van der Waals surface area contributed by atoms with E-state index in [2.05, 4.69) is 9.97 Å². The van der Waals surface area contributed by atoms with Crippen LogP contribution in [0.4, 0.5) is 9.18 Å². The monoisotopic (exact) mass is 625 g/mol. The van der Waals surface area contributed by atoms with Gasteiger partial charge in [0.25, 0.3) is 0 Å². The van der Waals surface area contributed by atoms with Gasteiger partial charge in [-0.3, -0.25) is 23.7 Å². The van der Waals surface area contributed by atoms with E-state index in [4.69, 9.17) is 16.3 Å². The van der Waals surface area contributed by atoms with Crippen LogP contribution in [0.3, 0.4) is 0 Å². The number of fused-ring (bicyclic) bond motifs is 1. The standard InChI is InChI=1S/C31H33ClFN5O6/c1-16(2)23-25(17(3)10-11-34-23)38-26-20(12-18(32)24(35-26)22-19(33)8-7-9-21(22)39)37(27(40)28(38)41)15-31(43)13-36(14-31)29(42)44-30(4,5)6/h7-12,16,39,43H,13-15H2,1-6H3. The van der Waals surface area contributed by atoms with Crippen molar-refractivity contribution < 1.29 is 24.1 Å². The Hall–Kier alpha value is -4.29. The van der Waals surface area contributed by atoms with Gasteiger partial charge in [0.1, 0.15) is 22.8 Å². The summed E-state index contributed by atoms with van der Waals surface area (Å²) in [7, 11) is 0. The Balaban J connectivity index is 1.75. The molecule has 2 N–H and O–H groups in total. The molecule has 0 aliphatic carbocycles. The third kappa shape index (κ3) is 5.55. The summed E-state index contributed by atoms with van der Waals surface area (Å²) in [4.78, 5) is 50.6. The Labute approximate surface area is 257 Å². The second-order valence-electron chi connectivity index (χ2n) is 12.4. The number of phenolic OH excluding ortho intramolecular Hbond substituents is 1. The maximum atomic E-state index is 15.0. The molecule has 0 radical (unpaired) electrons. The van der Waals surface area contributed by atoms with Gasteiger partial charge in [-0.2, -0.15) is 0 Å². The van der Waals surface area contributed by atoms with Crippen LogP contribution >= 0.6 is 11.6 Å². The number of hydrogen-bond acceptors (Lipinski definition) is 8. The van der Waals surface area contributed by atoms with E-state index in [0.29, 0.717) is 16.9 Å². The van der Waals surface area contributed by atoms with Crippen molar-refractivity contribution in [2.45, 2.75) is 65.2 Å². The molecule has 1 amide bonds. The predicted octanol–water partition coefficient (Wildman–Crippen LogP) is 4.52. The quantitative estimate of drug-likeness (QED) is 0.309. The number of hydrogen-bond donors (Lipinski definition) is 2. The molecule has 0 atom stereocenters. The SMILES string of the molecule is Cc1ccnc(C(C)C)c1-n1c(=O)c(=O)n(CC2(O)CN(C(=O)OC(C)(C)C)C2)c2cc(Cl)c(-c3c(O)cccc3F)nc21. The molecule has 0 bridgehead atoms. The first-order valence-corrected chi connectivity index (χ1v) is 14.4. The molecule has 5 rings (SSSR count). The molecule has 0 unspecified atom stereocenters. The summed E-state index contributed by atoms with van der Waals surface area (Å²) in [5.41, 5.74) is -3.23. The van der Waals surface area contributed by atoms with Crippen LogP contribution in [-0.4, -0.2) is 64.6 Å². The van der Waals surface area contributed by atoms with Gasteiger partial charge in [0, 0.05) is 6.20 Å². The molecule has 4 heterocycles. The van der Waals surface area contributed by atoms with Crippen molar-refractivity contribution in [1.29, 1.82) is 0 Å². The molecule has 1 saturated heterocycles. The third-order valence-electron chi connectivity index (χ3n) is 7.30. The van der Waals surface area contributed by atoms with Gasteiger partial charge in [0.05, 0.1) is 52.8 Å². The van der Waals surface area contributed by atoms with E-state index >= 15 is 4.39 Å². The lowest BCUT2D eigenvalue weighted by atomic mass is 9.94. The van der Waals surface area contributed by atoms with Gasteiger partial charge in [0.15, 0.2) is 5.65 Å². The lowest BCUT2D eigenvalue weighted by Gasteiger charge is -2.46. The summed E-state index contributed by atoms with van der Waals surface area (Å²) >= 11 is 6.62. The number of aliphatic hydroxyl groups is 1. The molecule has 232 valence electrons. The largest absolute Gasteiger partial charge is 0.507 e. The Morgan fingerprint density at radius 3 is 2.48 bits per heavy atom. The number of aromatic nitrogens is 4. The summed E-state index contributed by atoms with van der Waals surface area (Å²) < 4.78 is 22.6. The zero-order valence-electron chi connectivity index (χ0n) is 25.2. The van der Waals surface area contributed by atoms with Crippen LogP contribution in [0.25, 0.3) is 28.1 Å². The zero-order valence-corrected chi connectivity index (χ0v) is 25.9. The van der Waals surface area contributed by atoms with Crippen LogP contribution in [0, 0.1) is 12.7 Å². The van der Waals surface area contributed by atoms with Crippen LogP contribution in [-0.2, 0) is 11.3 Å². The topological polar surface area (TPSA) is 140 Å². The number of halogens is 2. The fourth-order valence-electron chi connectivity index (χ4n) is 5.34. The van der Waals surface area contributed by atoms with E-state index in [9.17, 15) is 24.6 Å². The highest BCUT2D eigenvalue weighted by molar-refractivity contribution is 6.33. The lowest BCUT2D eigenvalue weighted by Crippen LogP contribution is -2.66. The van der Waals surface area contributed by atoms with Gasteiger partial charge in [-0.05, 0) is 63.4 Å². The van der Waals surface area contributed by atoms with Crippen molar-refractivity contribution in [1.82, 2.24) is 24.0 Å². The molecule has 1 fully saturated rings. The highest BCUT2D eigenvalue weighted by Gasteiger charge is 2.46. The van der Waals surface area contributed by atoms with Gasteiger partial charge < -0.3 is 19.8 Å². The molecule has 1 aliphatic rings. The van der Waals surface area contributed by atoms with Crippen molar-refractivity contribution in [3.8, 4) is 22.7 Å². The smallest absolute Gasteiger partial charge is 0.410 e. The second-order valence-corrected chi connectivity index (χ2v) is 12.8. The number of aromatic hydroxyl groups is 1. The molecule has 0 saturated carbocycles. The molecule has 3 aromatic heterocycles. The first-order chi connectivity index (χ1) is 20.5. The summed E-state index contributed by atoms with van der Waals surface area (Å²) in [6.07, 6.45) is 0.972.